The summed E-state index contributed by atoms with van der Waals surface area (Å²) in [5.41, 5.74) is 0. The lowest BCUT2D eigenvalue weighted by molar-refractivity contribution is -0.134. The number of rotatable bonds is 8. The lowest BCUT2D eigenvalue weighted by Crippen LogP contribution is -2.43. The molecule has 2 heterocycles. The Balaban J connectivity index is 1.96. The third-order valence-electron chi connectivity index (χ3n) is 3.55. The lowest BCUT2D eigenvalue weighted by Gasteiger charge is -2.23. The van der Waals surface area contributed by atoms with Crippen molar-refractivity contribution in [1.82, 2.24) is 5.32 Å². The number of carbonyl (C=O) groups excluding carboxylic acids is 2. The van der Waals surface area contributed by atoms with Crippen LogP contribution in [0.25, 0.3) is 0 Å². The molecule has 0 aromatic heterocycles. The van der Waals surface area contributed by atoms with Crippen molar-refractivity contribution in [2.24, 2.45) is 5.92 Å². The Kier molecular flexibility index (Phi) is 8.00. The van der Waals surface area contributed by atoms with Crippen molar-refractivity contribution in [3.8, 4) is 0 Å². The summed E-state index contributed by atoms with van der Waals surface area (Å²) in [4.78, 5) is 58.7. The Morgan fingerprint density at radius 2 is 1.76 bits per heavy atom. The van der Waals surface area contributed by atoms with E-state index in [9.17, 15) is 33.3 Å². The van der Waals surface area contributed by atoms with E-state index in [0.717, 1.165) is 0 Å². The highest BCUT2D eigenvalue weighted by Crippen LogP contribution is 2.66. The zero-order valence-electron chi connectivity index (χ0n) is 13.9. The van der Waals surface area contributed by atoms with Gasteiger partial charge in [0.25, 0.3) is 5.91 Å². The molecule has 29 heavy (non-hydrogen) atoms. The van der Waals surface area contributed by atoms with Crippen molar-refractivity contribution in [2.75, 3.05) is 6.61 Å². The molecular formula is C10H15INO14P3. The first-order chi connectivity index (χ1) is 13.1. The number of carbonyl (C=O) groups is 2. The van der Waals surface area contributed by atoms with Crippen molar-refractivity contribution in [1.29, 1.82) is 0 Å². The smallest absolute Gasteiger partial charge is 0.390 e. The van der Waals surface area contributed by atoms with Gasteiger partial charge in [-0.1, -0.05) is 6.08 Å². The second kappa shape index (κ2) is 9.20. The Bertz CT molecular complexity index is 855. The number of amides is 2. The number of aliphatic hydroxyl groups is 1. The summed E-state index contributed by atoms with van der Waals surface area (Å²) in [6.45, 7) is -0.852. The summed E-state index contributed by atoms with van der Waals surface area (Å²) in [5.74, 6) is -2.18. The molecule has 2 amide bonds. The Labute approximate surface area is 176 Å². The molecule has 0 aromatic rings. The topological polar surface area (TPSA) is 235 Å². The quantitative estimate of drug-likeness (QED) is 0.118. The van der Waals surface area contributed by atoms with E-state index in [-0.39, 0.29) is 10.0 Å². The predicted octanol–water partition coefficient (Wildman–Crippen LogP) is -0.560. The highest BCUT2D eigenvalue weighted by atomic mass is 127. The van der Waals surface area contributed by atoms with Gasteiger partial charge in [0.05, 0.1) is 28.3 Å². The molecule has 0 aliphatic carbocycles. The van der Waals surface area contributed by atoms with Gasteiger partial charge in [-0.3, -0.25) is 19.4 Å². The Hall–Kier alpha value is -0.0600. The van der Waals surface area contributed by atoms with E-state index in [2.05, 4.69) is 18.5 Å². The van der Waals surface area contributed by atoms with E-state index in [1.54, 1.807) is 22.6 Å². The zero-order chi connectivity index (χ0) is 22.2. The maximum Gasteiger partial charge on any atom is 0.490 e. The van der Waals surface area contributed by atoms with Crippen LogP contribution in [-0.2, 0) is 41.2 Å². The molecule has 6 N–H and O–H groups in total. The van der Waals surface area contributed by atoms with Gasteiger partial charge in [-0.05, 0) is 22.6 Å². The fourth-order valence-corrected chi connectivity index (χ4v) is 6.01. The number of imide groups is 1. The average molecular weight is 593 g/mol. The average Bonchev–Trinajstić information content (AvgIpc) is 2.86. The van der Waals surface area contributed by atoms with Gasteiger partial charge >= 0.3 is 23.5 Å². The maximum absolute atomic E-state index is 11.9. The number of ether oxygens (including phenoxy) is 1. The van der Waals surface area contributed by atoms with Crippen LogP contribution in [0, 0.1) is 5.92 Å². The molecule has 19 heteroatoms. The van der Waals surface area contributed by atoms with Gasteiger partial charge < -0.3 is 29.4 Å². The third kappa shape index (κ3) is 7.54. The summed E-state index contributed by atoms with van der Waals surface area (Å²) >= 11 is 1.70. The third-order valence-corrected chi connectivity index (χ3v) is 8.21. The summed E-state index contributed by atoms with van der Waals surface area (Å²) < 4.78 is 50.6. The lowest BCUT2D eigenvalue weighted by atomic mass is 9.95. The monoisotopic (exact) mass is 593 g/mol. The van der Waals surface area contributed by atoms with Gasteiger partial charge in [-0.2, -0.15) is 8.62 Å². The molecule has 0 spiro atoms. The Morgan fingerprint density at radius 1 is 1.14 bits per heavy atom. The van der Waals surface area contributed by atoms with Crippen molar-refractivity contribution < 1.29 is 65.8 Å². The van der Waals surface area contributed by atoms with Crippen molar-refractivity contribution >= 4 is 57.9 Å². The van der Waals surface area contributed by atoms with Crippen LogP contribution >= 0.6 is 46.1 Å². The van der Waals surface area contributed by atoms with Gasteiger partial charge in [-0.25, -0.2) is 13.7 Å². The Morgan fingerprint density at radius 3 is 2.34 bits per heavy atom. The maximum atomic E-state index is 11.9. The van der Waals surface area contributed by atoms with Gasteiger partial charge in [-0.15, -0.1) is 0 Å². The number of phosphoric acid groups is 3. The van der Waals surface area contributed by atoms with E-state index in [1.165, 1.54) is 6.08 Å². The molecule has 15 nitrogen and oxygen atoms in total. The molecule has 0 radical (unpaired) electrons. The largest absolute Gasteiger partial charge is 0.490 e. The highest BCUT2D eigenvalue weighted by molar-refractivity contribution is 14.1. The molecule has 6 atom stereocenters. The summed E-state index contributed by atoms with van der Waals surface area (Å²) in [5, 5.41) is 12.1. The minimum Gasteiger partial charge on any atom is -0.390 e. The van der Waals surface area contributed by atoms with Crippen LogP contribution in [0.1, 0.15) is 6.42 Å². The van der Waals surface area contributed by atoms with Crippen LogP contribution in [0.3, 0.4) is 0 Å². The summed E-state index contributed by atoms with van der Waals surface area (Å²) in [6.07, 6.45) is -2.21. The molecule has 1 saturated heterocycles. The SMILES string of the molecule is O=C1NC(=O)C([C@H]2C[C@@H](O)[C@@H](COP(=O)(O)OP(=O)(O)OP(=O)(O)O)O2)C=C1I. The van der Waals surface area contributed by atoms with Crippen LogP contribution in [0.2, 0.25) is 0 Å². The molecular weight excluding hydrogens is 578 g/mol. The van der Waals surface area contributed by atoms with Crippen LogP contribution in [0.4, 0.5) is 0 Å². The molecule has 0 bridgehead atoms. The molecule has 2 aliphatic rings. The van der Waals surface area contributed by atoms with Gasteiger partial charge in [0, 0.05) is 6.42 Å². The first kappa shape index (κ1) is 25.2. The van der Waals surface area contributed by atoms with Gasteiger partial charge in [0.1, 0.15) is 6.10 Å². The summed E-state index contributed by atoms with van der Waals surface area (Å²) in [7, 11) is -16.6. The number of aliphatic hydroxyl groups excluding tert-OH is 1. The van der Waals surface area contributed by atoms with Crippen LogP contribution in [0.15, 0.2) is 9.66 Å². The van der Waals surface area contributed by atoms with Crippen LogP contribution < -0.4 is 5.32 Å². The zero-order valence-corrected chi connectivity index (χ0v) is 18.8. The molecule has 2 rings (SSSR count). The first-order valence-corrected chi connectivity index (χ1v) is 13.0. The molecule has 1 fully saturated rings. The van der Waals surface area contributed by atoms with Crippen LogP contribution in [-0.4, -0.2) is 61.4 Å². The second-order valence-corrected chi connectivity index (χ2v) is 11.3. The second-order valence-electron chi connectivity index (χ2n) is 5.76. The van der Waals surface area contributed by atoms with E-state index >= 15 is 0 Å². The number of hydrogen-bond acceptors (Lipinski definition) is 10. The van der Waals surface area contributed by atoms with Gasteiger partial charge in [0.15, 0.2) is 0 Å². The van der Waals surface area contributed by atoms with E-state index in [4.69, 9.17) is 19.4 Å². The van der Waals surface area contributed by atoms with Gasteiger partial charge in [0.2, 0.25) is 5.91 Å². The van der Waals surface area contributed by atoms with E-state index in [1.807, 2.05) is 0 Å². The number of hydrogen-bond donors (Lipinski definition) is 6. The molecule has 0 saturated carbocycles. The van der Waals surface area contributed by atoms with Crippen molar-refractivity contribution in [2.45, 2.75) is 24.7 Å². The molecule has 3 unspecified atom stereocenters. The number of nitrogens with one attached hydrogen (secondary N) is 1. The predicted molar refractivity (Wildman–Crippen MR) is 97.8 cm³/mol. The number of phosphoric ester groups is 1. The minimum atomic E-state index is -5.67. The highest BCUT2D eigenvalue weighted by Gasteiger charge is 2.45. The standard InChI is InChI=1S/C10H15INO14P3/c11-5-1-4(9(14)12-10(5)15)7-2-6(13)8(24-7)3-23-28(19,20)26-29(21,22)25-27(16,17)18/h1,4,6-8,13H,2-3H2,(H,19,20)(H,21,22)(H,12,14,15)(H2,16,17,18)/t4?,6-,7-,8-/m1/s1. The first-order valence-electron chi connectivity index (χ1n) is 7.43. The fourth-order valence-electron chi connectivity index (χ4n) is 2.45. The molecule has 0 aromatic carbocycles. The number of halogens is 1. The molecule has 166 valence electrons. The van der Waals surface area contributed by atoms with E-state index < -0.39 is 66.1 Å². The normalized spacial score (nSPS) is 32.3. The summed E-state index contributed by atoms with van der Waals surface area (Å²) in [6, 6.07) is 0. The van der Waals surface area contributed by atoms with E-state index in [0.29, 0.717) is 0 Å². The molecule has 2 aliphatic heterocycles. The van der Waals surface area contributed by atoms with Crippen molar-refractivity contribution in [3.63, 3.8) is 0 Å². The fraction of sp³-hybridized carbons (Fsp3) is 0.600. The van der Waals surface area contributed by atoms with Crippen LogP contribution in [0.5, 0.6) is 0 Å². The minimum absolute atomic E-state index is 0.100. The van der Waals surface area contributed by atoms with Crippen molar-refractivity contribution in [3.05, 3.63) is 9.66 Å².